The summed E-state index contributed by atoms with van der Waals surface area (Å²) < 4.78 is 67.3. The smallest absolute Gasteiger partial charge is 0.283 e. The lowest BCUT2D eigenvalue weighted by Crippen LogP contribution is -2.46. The summed E-state index contributed by atoms with van der Waals surface area (Å²) in [6.45, 7) is 12.7. The molecule has 0 aromatic heterocycles. The molecule has 10 nitrogen and oxygen atoms in total. The first-order valence-corrected chi connectivity index (χ1v) is 18.3. The molecular formula is C33H43N5O5S2. The molecule has 2 aliphatic heterocycles. The minimum Gasteiger partial charge on any atom is -0.379 e. The molecule has 0 N–H and O–H groups in total. The van der Waals surface area contributed by atoms with Crippen molar-refractivity contribution in [2.75, 3.05) is 63.9 Å². The van der Waals surface area contributed by atoms with E-state index in [9.17, 15) is 16.8 Å². The fourth-order valence-electron chi connectivity index (χ4n) is 5.80. The van der Waals surface area contributed by atoms with Crippen LogP contribution in [0.15, 0.2) is 87.0 Å². The second-order valence-electron chi connectivity index (χ2n) is 11.4. The van der Waals surface area contributed by atoms with Crippen molar-refractivity contribution in [3.05, 3.63) is 89.5 Å². The molecule has 3 aromatic carbocycles. The number of sulfonamides is 2. The van der Waals surface area contributed by atoms with Crippen molar-refractivity contribution in [3.8, 4) is 0 Å². The molecule has 0 amide bonds. The van der Waals surface area contributed by atoms with Crippen molar-refractivity contribution >= 4 is 31.6 Å². The normalized spacial score (nSPS) is 18.8. The topological polar surface area (TPSA) is 103 Å². The van der Waals surface area contributed by atoms with Crippen LogP contribution in [0, 0.1) is 13.8 Å². The van der Waals surface area contributed by atoms with Gasteiger partial charge in [0.05, 0.1) is 29.5 Å². The molecule has 0 aliphatic carbocycles. The quantitative estimate of drug-likeness (QED) is 0.236. The fraction of sp³-hybridized carbons (Fsp3) is 0.424. The van der Waals surface area contributed by atoms with E-state index >= 15 is 0 Å². The van der Waals surface area contributed by atoms with Crippen LogP contribution in [0.3, 0.4) is 0 Å². The summed E-state index contributed by atoms with van der Waals surface area (Å²) in [6, 6.07) is 21.3. The molecule has 242 valence electrons. The summed E-state index contributed by atoms with van der Waals surface area (Å²) in [5.74, 6) is 0.303. The van der Waals surface area contributed by atoms with Gasteiger partial charge < -0.3 is 14.5 Å². The summed E-state index contributed by atoms with van der Waals surface area (Å²) in [7, 11) is -8.04. The number of nitrogens with zero attached hydrogens (tertiary/aromatic N) is 5. The predicted octanol–water partition coefficient (Wildman–Crippen LogP) is 4.27. The Morgan fingerprint density at radius 3 is 1.89 bits per heavy atom. The highest BCUT2D eigenvalue weighted by Gasteiger charge is 2.43. The number of hydrogen-bond acceptors (Lipinski definition) is 7. The summed E-state index contributed by atoms with van der Waals surface area (Å²) in [4.78, 5) is 6.45. The second-order valence-corrected chi connectivity index (χ2v) is 14.9. The average molecular weight is 654 g/mol. The molecule has 5 rings (SSSR count). The number of hydrogen-bond donors (Lipinski definition) is 0. The van der Waals surface area contributed by atoms with Crippen LogP contribution in [-0.4, -0.2) is 95.8 Å². The first-order valence-electron chi connectivity index (χ1n) is 15.4. The van der Waals surface area contributed by atoms with E-state index in [2.05, 4.69) is 28.0 Å². The molecule has 0 spiro atoms. The third-order valence-electron chi connectivity index (χ3n) is 8.42. The van der Waals surface area contributed by atoms with Gasteiger partial charge in [-0.1, -0.05) is 47.5 Å². The van der Waals surface area contributed by atoms with E-state index in [1.807, 2.05) is 43.0 Å². The lowest BCUT2D eigenvalue weighted by molar-refractivity contribution is 0.0438. The van der Waals surface area contributed by atoms with E-state index in [-0.39, 0.29) is 29.4 Å². The van der Waals surface area contributed by atoms with Crippen LogP contribution < -0.4 is 4.90 Å². The Morgan fingerprint density at radius 2 is 1.33 bits per heavy atom. The molecule has 1 atom stereocenters. The van der Waals surface area contributed by atoms with Gasteiger partial charge in [-0.05, 0) is 69.7 Å². The van der Waals surface area contributed by atoms with Crippen LogP contribution in [0.5, 0.6) is 0 Å². The van der Waals surface area contributed by atoms with Crippen molar-refractivity contribution in [2.45, 2.75) is 43.7 Å². The molecule has 12 heteroatoms. The molecule has 0 bridgehead atoms. The molecule has 0 radical (unpaired) electrons. The molecule has 2 heterocycles. The monoisotopic (exact) mass is 653 g/mol. The van der Waals surface area contributed by atoms with E-state index in [0.29, 0.717) is 32.1 Å². The second kappa shape index (κ2) is 14.0. The Labute approximate surface area is 268 Å². The van der Waals surface area contributed by atoms with Gasteiger partial charge in [-0.3, -0.25) is 4.90 Å². The minimum atomic E-state index is -4.09. The highest BCUT2D eigenvalue weighted by molar-refractivity contribution is 7.90. The third kappa shape index (κ3) is 7.41. The Kier molecular flexibility index (Phi) is 10.3. The molecule has 2 aliphatic rings. The summed E-state index contributed by atoms with van der Waals surface area (Å²) in [5.41, 5.74) is 3.67. The Morgan fingerprint density at radius 1 is 0.778 bits per heavy atom. The van der Waals surface area contributed by atoms with Gasteiger partial charge in [-0.15, -0.1) is 4.40 Å². The van der Waals surface area contributed by atoms with Crippen LogP contribution in [0.4, 0.5) is 5.69 Å². The maximum Gasteiger partial charge on any atom is 0.283 e. The number of benzene rings is 3. The highest BCUT2D eigenvalue weighted by atomic mass is 32.2. The van der Waals surface area contributed by atoms with Crippen molar-refractivity contribution in [2.24, 2.45) is 4.40 Å². The fourth-order valence-corrected chi connectivity index (χ4v) is 8.40. The number of aryl methyl sites for hydroxylation is 2. The zero-order valence-electron chi connectivity index (χ0n) is 26.5. The van der Waals surface area contributed by atoms with Gasteiger partial charge in [-0.2, -0.15) is 12.7 Å². The molecule has 0 saturated carbocycles. The number of anilines is 1. The van der Waals surface area contributed by atoms with Crippen LogP contribution in [0.25, 0.3) is 0 Å². The lowest BCUT2D eigenvalue weighted by atomic mass is 10.1. The van der Waals surface area contributed by atoms with E-state index in [1.54, 1.807) is 48.5 Å². The standard InChI is InChI=1S/C33H43N5O5S2/c1-5-36(6-2)29-13-11-28(12-14-29)33-37(19-20-38(33)45(41,42)31-17-9-27(4)10-18-31)32(25-35-21-23-43-24-22-35)34-44(39,40)30-15-7-26(3)8-16-30/h7-18,33H,5-6,19-25H2,1-4H3/t33-/m1/s1. The Hall–Kier alpha value is -3.29. The lowest BCUT2D eigenvalue weighted by Gasteiger charge is -2.35. The third-order valence-corrected chi connectivity index (χ3v) is 11.6. The molecular weight excluding hydrogens is 611 g/mol. The van der Waals surface area contributed by atoms with Crippen LogP contribution >= 0.6 is 0 Å². The van der Waals surface area contributed by atoms with E-state index in [1.165, 1.54) is 4.31 Å². The van der Waals surface area contributed by atoms with Gasteiger partial charge >= 0.3 is 0 Å². The maximum atomic E-state index is 14.2. The van der Waals surface area contributed by atoms with Gasteiger partial charge in [0.2, 0.25) is 10.0 Å². The minimum absolute atomic E-state index is 0.0935. The van der Waals surface area contributed by atoms with Crippen molar-refractivity contribution in [1.82, 2.24) is 14.1 Å². The molecule has 0 unspecified atom stereocenters. The summed E-state index contributed by atoms with van der Waals surface area (Å²) >= 11 is 0. The molecule has 2 fully saturated rings. The largest absolute Gasteiger partial charge is 0.379 e. The Bertz CT molecular complexity index is 1680. The van der Waals surface area contributed by atoms with E-state index in [4.69, 9.17) is 4.74 Å². The summed E-state index contributed by atoms with van der Waals surface area (Å²) in [5, 5.41) is 0. The summed E-state index contributed by atoms with van der Waals surface area (Å²) in [6.07, 6.45) is -0.796. The van der Waals surface area contributed by atoms with Gasteiger partial charge in [0.1, 0.15) is 12.0 Å². The molecule has 3 aromatic rings. The SMILES string of the molecule is CCN(CC)c1ccc([C@@H]2N(C(CN3CCOCC3)=NS(=O)(=O)c3ccc(C)cc3)CCN2S(=O)(=O)c2ccc(C)cc2)cc1. The highest BCUT2D eigenvalue weighted by Crippen LogP contribution is 2.37. The van der Waals surface area contributed by atoms with Crippen LogP contribution in [0.2, 0.25) is 0 Å². The predicted molar refractivity (Wildman–Crippen MR) is 178 cm³/mol. The number of ether oxygens (including phenoxy) is 1. The first-order chi connectivity index (χ1) is 21.5. The van der Waals surface area contributed by atoms with Gasteiger partial charge in [0, 0.05) is 45.0 Å². The van der Waals surface area contributed by atoms with Crippen LogP contribution in [-0.2, 0) is 24.8 Å². The van der Waals surface area contributed by atoms with Gasteiger partial charge in [0.25, 0.3) is 10.0 Å². The molecule has 2 saturated heterocycles. The number of amidine groups is 1. The number of morpholine rings is 1. The molecule has 45 heavy (non-hydrogen) atoms. The van der Waals surface area contributed by atoms with E-state index in [0.717, 1.165) is 35.5 Å². The average Bonchev–Trinajstić information content (AvgIpc) is 3.49. The van der Waals surface area contributed by atoms with Crippen molar-refractivity contribution < 1.29 is 21.6 Å². The van der Waals surface area contributed by atoms with Gasteiger partial charge in [0.15, 0.2) is 0 Å². The first kappa shape index (κ1) is 33.1. The zero-order chi connectivity index (χ0) is 32.2. The van der Waals surface area contributed by atoms with Crippen molar-refractivity contribution in [1.29, 1.82) is 0 Å². The van der Waals surface area contributed by atoms with Crippen molar-refractivity contribution in [3.63, 3.8) is 0 Å². The van der Waals surface area contributed by atoms with E-state index < -0.39 is 26.2 Å². The maximum absolute atomic E-state index is 14.2. The van der Waals surface area contributed by atoms with Crippen LogP contribution in [0.1, 0.15) is 36.7 Å². The number of rotatable bonds is 10. The van der Waals surface area contributed by atoms with Gasteiger partial charge in [-0.25, -0.2) is 8.42 Å². The Balaban J connectivity index is 1.62. The zero-order valence-corrected chi connectivity index (χ0v) is 28.1.